The molecule has 1 amide bonds. The van der Waals surface area contributed by atoms with Crippen molar-refractivity contribution in [3.8, 4) is 0 Å². The number of carbonyl (C=O) groups is 1. The molecule has 2 rings (SSSR count). The van der Waals surface area contributed by atoms with Crippen molar-refractivity contribution in [1.29, 1.82) is 0 Å². The molecule has 2 aromatic heterocycles. The topological polar surface area (TPSA) is 84.1 Å². The Bertz CT molecular complexity index is 801. The van der Waals surface area contributed by atoms with Gasteiger partial charge in [-0.3, -0.25) is 9.59 Å². The molecule has 0 saturated carbocycles. The number of nitrogens with zero attached hydrogens (tertiary/aromatic N) is 1. The van der Waals surface area contributed by atoms with Crippen molar-refractivity contribution in [2.24, 2.45) is 5.92 Å². The second kappa shape index (κ2) is 10.1. The number of aromatic amines is 1. The fourth-order valence-corrected chi connectivity index (χ4v) is 4.40. The number of aryl methyl sites for hydroxylation is 1. The molecule has 1 atom stereocenters. The van der Waals surface area contributed by atoms with E-state index >= 15 is 0 Å². The Morgan fingerprint density at radius 3 is 2.92 bits per heavy atom. The lowest BCUT2D eigenvalue weighted by atomic mass is 9.98. The number of carbonyl (C=O) groups excluding carboxylic acids is 1. The summed E-state index contributed by atoms with van der Waals surface area (Å²) in [5.74, 6) is 1.94. The molecule has 0 radical (unpaired) electrons. The van der Waals surface area contributed by atoms with Gasteiger partial charge < -0.3 is 15.0 Å². The molecular formula is C18H27N3O3S2. The van der Waals surface area contributed by atoms with Crippen LogP contribution in [0.25, 0.3) is 10.2 Å². The van der Waals surface area contributed by atoms with Crippen molar-refractivity contribution >= 4 is 39.2 Å². The molecular weight excluding hydrogens is 370 g/mol. The number of nitrogens with one attached hydrogen (secondary N) is 2. The van der Waals surface area contributed by atoms with Gasteiger partial charge in [0.25, 0.3) is 5.56 Å². The lowest BCUT2D eigenvalue weighted by Gasteiger charge is -2.08. The molecule has 0 aliphatic rings. The maximum Gasteiger partial charge on any atom is 0.259 e. The summed E-state index contributed by atoms with van der Waals surface area (Å²) in [4.78, 5) is 33.7. The number of thioether (sulfide) groups is 1. The van der Waals surface area contributed by atoms with Crippen LogP contribution < -0.4 is 10.9 Å². The lowest BCUT2D eigenvalue weighted by Crippen LogP contribution is -2.28. The summed E-state index contributed by atoms with van der Waals surface area (Å²) in [5.41, 5.74) is 1.06. The highest BCUT2D eigenvalue weighted by atomic mass is 32.2. The third-order valence-electron chi connectivity index (χ3n) is 4.26. The summed E-state index contributed by atoms with van der Waals surface area (Å²) in [7, 11) is 1.60. The van der Waals surface area contributed by atoms with E-state index in [1.807, 2.05) is 0 Å². The lowest BCUT2D eigenvalue weighted by molar-refractivity contribution is -0.118. The van der Waals surface area contributed by atoms with E-state index in [4.69, 9.17) is 4.74 Å². The molecule has 2 aromatic rings. The Labute approximate surface area is 162 Å². The van der Waals surface area contributed by atoms with E-state index < -0.39 is 0 Å². The van der Waals surface area contributed by atoms with E-state index in [-0.39, 0.29) is 11.5 Å². The number of fused-ring (bicyclic) bond motifs is 1. The fourth-order valence-electron chi connectivity index (χ4n) is 2.61. The zero-order valence-electron chi connectivity index (χ0n) is 15.8. The minimum absolute atomic E-state index is 0.0433. The molecule has 8 heteroatoms. The third-order valence-corrected chi connectivity index (χ3v) is 6.25. The zero-order chi connectivity index (χ0) is 19.1. The molecule has 0 bridgehead atoms. The van der Waals surface area contributed by atoms with Gasteiger partial charge in [-0.25, -0.2) is 4.98 Å². The summed E-state index contributed by atoms with van der Waals surface area (Å²) in [5, 5.41) is 3.51. The quantitative estimate of drug-likeness (QED) is 0.602. The van der Waals surface area contributed by atoms with Crippen molar-refractivity contribution < 1.29 is 9.53 Å². The van der Waals surface area contributed by atoms with Gasteiger partial charge in [-0.2, -0.15) is 0 Å². The van der Waals surface area contributed by atoms with Crippen molar-refractivity contribution in [2.75, 3.05) is 26.0 Å². The number of H-pyrrole nitrogens is 1. The molecule has 0 aliphatic carbocycles. The van der Waals surface area contributed by atoms with Crippen LogP contribution in [0.2, 0.25) is 0 Å². The third kappa shape index (κ3) is 5.56. The molecule has 6 nitrogen and oxygen atoms in total. The number of hydrogen-bond acceptors (Lipinski definition) is 6. The number of amides is 1. The summed E-state index contributed by atoms with van der Waals surface area (Å²) < 4.78 is 4.89. The Balaban J connectivity index is 2.05. The number of aromatic nitrogens is 2. The molecule has 0 aliphatic heterocycles. The molecule has 144 valence electrons. The van der Waals surface area contributed by atoms with Crippen LogP contribution in [-0.4, -0.2) is 41.9 Å². The number of rotatable bonds is 10. The van der Waals surface area contributed by atoms with Crippen LogP contribution >= 0.6 is 23.1 Å². The van der Waals surface area contributed by atoms with Crippen LogP contribution in [0.5, 0.6) is 0 Å². The SMILES string of the molecule is CC[C@@H](C)Cc1c(C)sc2nc(CSCC(=O)NCCOC)[nH]c(=O)c12. The number of methoxy groups -OCH3 is 1. The van der Waals surface area contributed by atoms with Crippen LogP contribution in [0.15, 0.2) is 4.79 Å². The average molecular weight is 398 g/mol. The average Bonchev–Trinajstić information content (AvgIpc) is 2.91. The van der Waals surface area contributed by atoms with E-state index in [1.54, 1.807) is 18.4 Å². The summed E-state index contributed by atoms with van der Waals surface area (Å²) >= 11 is 3.01. The number of thiophene rings is 1. The van der Waals surface area contributed by atoms with Gasteiger partial charge in [0.05, 0.1) is 23.5 Å². The second-order valence-corrected chi connectivity index (χ2v) is 8.57. The molecule has 2 N–H and O–H groups in total. The van der Waals surface area contributed by atoms with Gasteiger partial charge in [0.15, 0.2) is 0 Å². The second-order valence-electron chi connectivity index (χ2n) is 6.38. The highest BCUT2D eigenvalue weighted by Crippen LogP contribution is 2.29. The molecule has 0 fully saturated rings. The van der Waals surface area contributed by atoms with Gasteiger partial charge in [-0.05, 0) is 24.8 Å². The van der Waals surface area contributed by atoms with Gasteiger partial charge in [-0.15, -0.1) is 23.1 Å². The highest BCUT2D eigenvalue weighted by Gasteiger charge is 2.16. The van der Waals surface area contributed by atoms with Gasteiger partial charge in [0.2, 0.25) is 5.91 Å². The minimum Gasteiger partial charge on any atom is -0.383 e. The van der Waals surface area contributed by atoms with Crippen LogP contribution in [0.3, 0.4) is 0 Å². The van der Waals surface area contributed by atoms with Crippen molar-refractivity contribution in [3.63, 3.8) is 0 Å². The predicted molar refractivity (Wildman–Crippen MR) is 109 cm³/mol. The molecule has 26 heavy (non-hydrogen) atoms. The van der Waals surface area contributed by atoms with Crippen LogP contribution in [-0.2, 0) is 21.7 Å². The number of ether oxygens (including phenoxy) is 1. The normalized spacial score (nSPS) is 12.5. The van der Waals surface area contributed by atoms with Crippen LogP contribution in [0.4, 0.5) is 0 Å². The van der Waals surface area contributed by atoms with Crippen molar-refractivity contribution in [1.82, 2.24) is 15.3 Å². The first-order valence-corrected chi connectivity index (χ1v) is 10.8. The molecule has 2 heterocycles. The molecule has 0 aromatic carbocycles. The standard InChI is InChI=1S/C18H27N3O3S2/c1-5-11(2)8-13-12(3)26-18-16(13)17(23)20-14(21-18)9-25-10-15(22)19-6-7-24-4/h11H,5-10H2,1-4H3,(H,19,22)(H,20,21,23)/t11-/m1/s1. The minimum atomic E-state index is -0.0715. The van der Waals surface area contributed by atoms with Gasteiger partial charge in [0, 0.05) is 18.5 Å². The van der Waals surface area contributed by atoms with Crippen LogP contribution in [0.1, 0.15) is 36.5 Å². The maximum absolute atomic E-state index is 12.6. The van der Waals surface area contributed by atoms with Gasteiger partial charge in [-0.1, -0.05) is 20.3 Å². The van der Waals surface area contributed by atoms with Gasteiger partial charge >= 0.3 is 0 Å². The first-order chi connectivity index (χ1) is 12.5. The van der Waals surface area contributed by atoms with E-state index in [2.05, 4.69) is 36.1 Å². The van der Waals surface area contributed by atoms with Gasteiger partial charge in [0.1, 0.15) is 10.7 Å². The molecule has 0 unspecified atom stereocenters. The van der Waals surface area contributed by atoms with Crippen LogP contribution in [0, 0.1) is 12.8 Å². The monoisotopic (exact) mass is 397 g/mol. The van der Waals surface area contributed by atoms with Crippen molar-refractivity contribution in [2.45, 2.75) is 39.4 Å². The smallest absolute Gasteiger partial charge is 0.259 e. The largest absolute Gasteiger partial charge is 0.383 e. The Hall–Kier alpha value is -1.38. The highest BCUT2D eigenvalue weighted by molar-refractivity contribution is 7.99. The summed E-state index contributed by atoms with van der Waals surface area (Å²) in [6, 6.07) is 0. The summed E-state index contributed by atoms with van der Waals surface area (Å²) in [6.45, 7) is 7.43. The fraction of sp³-hybridized carbons (Fsp3) is 0.611. The Kier molecular flexibility index (Phi) is 8.12. The number of hydrogen-bond donors (Lipinski definition) is 2. The predicted octanol–water partition coefficient (Wildman–Crippen LogP) is 2.88. The molecule has 0 spiro atoms. The van der Waals surface area contributed by atoms with Crippen molar-refractivity contribution in [3.05, 3.63) is 26.6 Å². The Morgan fingerprint density at radius 1 is 1.46 bits per heavy atom. The summed E-state index contributed by atoms with van der Waals surface area (Å²) in [6.07, 6.45) is 1.99. The first-order valence-electron chi connectivity index (χ1n) is 8.80. The van der Waals surface area contributed by atoms with E-state index in [1.165, 1.54) is 16.6 Å². The van der Waals surface area contributed by atoms with E-state index in [9.17, 15) is 9.59 Å². The Morgan fingerprint density at radius 2 is 2.23 bits per heavy atom. The van der Waals surface area contributed by atoms with E-state index in [0.717, 1.165) is 28.6 Å². The zero-order valence-corrected chi connectivity index (χ0v) is 17.4. The van der Waals surface area contributed by atoms with E-state index in [0.29, 0.717) is 36.4 Å². The molecule has 0 saturated heterocycles. The first kappa shape index (κ1) is 20.9. The maximum atomic E-state index is 12.6.